The van der Waals surface area contributed by atoms with E-state index in [1.807, 2.05) is 12.1 Å². The Morgan fingerprint density at radius 2 is 1.91 bits per heavy atom. The fourth-order valence-electron chi connectivity index (χ4n) is 1.89. The molecule has 0 heterocycles. The molecular formula is C16H15BrClFN2S. The molecule has 2 aromatic rings. The highest BCUT2D eigenvalue weighted by atomic mass is 79.9. The first-order chi connectivity index (χ1) is 10.5. The maximum atomic E-state index is 12.8. The molecule has 6 heteroatoms. The van der Waals surface area contributed by atoms with Crippen molar-refractivity contribution in [2.24, 2.45) is 0 Å². The molecule has 2 nitrogen and oxygen atoms in total. The molecule has 0 aliphatic rings. The summed E-state index contributed by atoms with van der Waals surface area (Å²) in [4.78, 5) is 0. The molecular weight excluding hydrogens is 387 g/mol. The van der Waals surface area contributed by atoms with E-state index in [0.717, 1.165) is 35.1 Å². The second-order valence-corrected chi connectivity index (χ2v) is 6.41. The normalized spacial score (nSPS) is 10.3. The average molecular weight is 402 g/mol. The third-order valence-corrected chi connectivity index (χ3v) is 4.50. The van der Waals surface area contributed by atoms with Gasteiger partial charge in [-0.05, 0) is 76.9 Å². The van der Waals surface area contributed by atoms with Crippen LogP contribution in [0.15, 0.2) is 46.9 Å². The summed E-state index contributed by atoms with van der Waals surface area (Å²) >= 11 is 14.6. The Labute approximate surface area is 148 Å². The van der Waals surface area contributed by atoms with Crippen molar-refractivity contribution in [1.82, 2.24) is 5.32 Å². The third kappa shape index (κ3) is 5.55. The summed E-state index contributed by atoms with van der Waals surface area (Å²) in [5.41, 5.74) is 1.95. The maximum absolute atomic E-state index is 12.8. The number of hydrogen-bond donors (Lipinski definition) is 2. The Hall–Kier alpha value is -1.17. The molecule has 116 valence electrons. The molecule has 22 heavy (non-hydrogen) atoms. The van der Waals surface area contributed by atoms with Gasteiger partial charge in [0.1, 0.15) is 5.82 Å². The molecule has 2 aromatic carbocycles. The van der Waals surface area contributed by atoms with Crippen molar-refractivity contribution >= 4 is 50.5 Å². The fourth-order valence-corrected chi connectivity index (χ4v) is 2.54. The smallest absolute Gasteiger partial charge is 0.170 e. The standard InChI is InChI=1S/C16H15BrClFN2S/c17-14-8-7-13(10-15(14)18)21-16(22)20-9-1-2-11-3-5-12(19)6-4-11/h3-8,10H,1-2,9H2,(H2,20,21,22). The molecule has 0 unspecified atom stereocenters. The average Bonchev–Trinajstić information content (AvgIpc) is 2.49. The minimum absolute atomic E-state index is 0.208. The lowest BCUT2D eigenvalue weighted by Gasteiger charge is -2.11. The molecule has 0 atom stereocenters. The molecule has 0 bridgehead atoms. The summed E-state index contributed by atoms with van der Waals surface area (Å²) in [5, 5.41) is 7.40. The molecule has 0 radical (unpaired) electrons. The van der Waals surface area contributed by atoms with Crippen LogP contribution in [0.4, 0.5) is 10.1 Å². The van der Waals surface area contributed by atoms with Crippen molar-refractivity contribution in [2.45, 2.75) is 12.8 Å². The first kappa shape index (κ1) is 17.2. The molecule has 0 aliphatic carbocycles. The number of aryl methyl sites for hydroxylation is 1. The van der Waals surface area contributed by atoms with Crippen LogP contribution in [0.25, 0.3) is 0 Å². The van der Waals surface area contributed by atoms with Crippen LogP contribution < -0.4 is 10.6 Å². The third-order valence-electron chi connectivity index (χ3n) is 3.02. The van der Waals surface area contributed by atoms with Crippen LogP contribution in [0.5, 0.6) is 0 Å². The van der Waals surface area contributed by atoms with E-state index in [4.69, 9.17) is 23.8 Å². The van der Waals surface area contributed by atoms with Gasteiger partial charge in [-0.1, -0.05) is 23.7 Å². The van der Waals surface area contributed by atoms with Gasteiger partial charge < -0.3 is 10.6 Å². The first-order valence-corrected chi connectivity index (χ1v) is 8.37. The summed E-state index contributed by atoms with van der Waals surface area (Å²) in [6.45, 7) is 0.744. The summed E-state index contributed by atoms with van der Waals surface area (Å²) < 4.78 is 13.6. The van der Waals surface area contributed by atoms with Gasteiger partial charge >= 0.3 is 0 Å². The molecule has 0 amide bonds. The van der Waals surface area contributed by atoms with Gasteiger partial charge in [0, 0.05) is 16.7 Å². The van der Waals surface area contributed by atoms with Crippen LogP contribution in [0.2, 0.25) is 5.02 Å². The van der Waals surface area contributed by atoms with Gasteiger partial charge in [0.15, 0.2) is 5.11 Å². The largest absolute Gasteiger partial charge is 0.362 e. The molecule has 2 N–H and O–H groups in total. The monoisotopic (exact) mass is 400 g/mol. The predicted octanol–water partition coefficient (Wildman–Crippen LogP) is 5.16. The zero-order valence-electron chi connectivity index (χ0n) is 11.7. The van der Waals surface area contributed by atoms with Crippen LogP contribution >= 0.6 is 39.7 Å². The van der Waals surface area contributed by atoms with E-state index in [-0.39, 0.29) is 5.82 Å². The Bertz CT molecular complexity index is 649. The highest BCUT2D eigenvalue weighted by Gasteiger charge is 2.01. The molecule has 0 aliphatic heterocycles. The lowest BCUT2D eigenvalue weighted by molar-refractivity contribution is 0.626. The Kier molecular flexibility index (Phi) is 6.61. The van der Waals surface area contributed by atoms with Gasteiger partial charge in [-0.3, -0.25) is 0 Å². The summed E-state index contributed by atoms with van der Waals surface area (Å²) in [6.07, 6.45) is 1.79. The van der Waals surface area contributed by atoms with E-state index in [1.54, 1.807) is 18.2 Å². The minimum atomic E-state index is -0.208. The topological polar surface area (TPSA) is 24.1 Å². The summed E-state index contributed by atoms with van der Waals surface area (Å²) in [6, 6.07) is 12.1. The van der Waals surface area contributed by atoms with Crippen LogP contribution in [-0.4, -0.2) is 11.7 Å². The SMILES string of the molecule is Fc1ccc(CCCNC(=S)Nc2ccc(Br)c(Cl)c2)cc1. The van der Waals surface area contributed by atoms with Crippen molar-refractivity contribution in [1.29, 1.82) is 0 Å². The number of nitrogens with one attached hydrogen (secondary N) is 2. The van der Waals surface area contributed by atoms with Crippen LogP contribution in [-0.2, 0) is 6.42 Å². The van der Waals surface area contributed by atoms with E-state index >= 15 is 0 Å². The van der Waals surface area contributed by atoms with Crippen LogP contribution in [0.3, 0.4) is 0 Å². The van der Waals surface area contributed by atoms with Crippen molar-refractivity contribution in [3.05, 3.63) is 63.3 Å². The van der Waals surface area contributed by atoms with Gasteiger partial charge in [0.25, 0.3) is 0 Å². The van der Waals surface area contributed by atoms with Crippen LogP contribution in [0.1, 0.15) is 12.0 Å². The zero-order valence-corrected chi connectivity index (χ0v) is 14.9. The molecule has 0 fully saturated rings. The Morgan fingerprint density at radius 3 is 2.59 bits per heavy atom. The van der Waals surface area contributed by atoms with E-state index in [9.17, 15) is 4.39 Å². The van der Waals surface area contributed by atoms with Gasteiger partial charge in [0.2, 0.25) is 0 Å². The minimum Gasteiger partial charge on any atom is -0.362 e. The van der Waals surface area contributed by atoms with Crippen molar-refractivity contribution in [3.8, 4) is 0 Å². The van der Waals surface area contributed by atoms with Gasteiger partial charge in [-0.15, -0.1) is 0 Å². The Morgan fingerprint density at radius 1 is 1.18 bits per heavy atom. The van der Waals surface area contributed by atoms with E-state index in [0.29, 0.717) is 10.1 Å². The van der Waals surface area contributed by atoms with Crippen molar-refractivity contribution < 1.29 is 4.39 Å². The van der Waals surface area contributed by atoms with Gasteiger partial charge in [0.05, 0.1) is 5.02 Å². The number of thiocarbonyl (C=S) groups is 1. The van der Waals surface area contributed by atoms with Crippen molar-refractivity contribution in [2.75, 3.05) is 11.9 Å². The lowest BCUT2D eigenvalue weighted by atomic mass is 10.1. The molecule has 0 saturated carbocycles. The molecule has 2 rings (SSSR count). The van der Waals surface area contributed by atoms with E-state index in [1.165, 1.54) is 12.1 Å². The Balaban J connectivity index is 1.71. The predicted molar refractivity (Wildman–Crippen MR) is 98.1 cm³/mol. The quantitative estimate of drug-likeness (QED) is 0.534. The lowest BCUT2D eigenvalue weighted by Crippen LogP contribution is -2.29. The van der Waals surface area contributed by atoms with Crippen LogP contribution in [0, 0.1) is 5.82 Å². The number of hydrogen-bond acceptors (Lipinski definition) is 1. The van der Waals surface area contributed by atoms with Gasteiger partial charge in [-0.25, -0.2) is 4.39 Å². The highest BCUT2D eigenvalue weighted by molar-refractivity contribution is 9.10. The zero-order chi connectivity index (χ0) is 15.9. The highest BCUT2D eigenvalue weighted by Crippen LogP contribution is 2.25. The first-order valence-electron chi connectivity index (χ1n) is 6.79. The van der Waals surface area contributed by atoms with Crippen molar-refractivity contribution in [3.63, 3.8) is 0 Å². The molecule has 0 aromatic heterocycles. The van der Waals surface area contributed by atoms with E-state index < -0.39 is 0 Å². The van der Waals surface area contributed by atoms with Gasteiger partial charge in [-0.2, -0.15) is 0 Å². The fraction of sp³-hybridized carbons (Fsp3) is 0.188. The summed E-state index contributed by atoms with van der Waals surface area (Å²) in [5.74, 6) is -0.208. The summed E-state index contributed by atoms with van der Waals surface area (Å²) in [7, 11) is 0. The van der Waals surface area contributed by atoms with E-state index in [2.05, 4.69) is 26.6 Å². The number of benzene rings is 2. The second kappa shape index (κ2) is 8.46. The molecule has 0 spiro atoms. The maximum Gasteiger partial charge on any atom is 0.170 e. The molecule has 0 saturated heterocycles. The number of anilines is 1. The second-order valence-electron chi connectivity index (χ2n) is 4.74. The number of halogens is 3. The number of rotatable bonds is 5.